The highest BCUT2D eigenvalue weighted by molar-refractivity contribution is 5.31. The summed E-state index contributed by atoms with van der Waals surface area (Å²) in [6.45, 7) is 0. The molecule has 0 saturated heterocycles. The Hall–Kier alpha value is -1.60. The van der Waals surface area contributed by atoms with Crippen molar-refractivity contribution in [3.05, 3.63) is 71.8 Å². The highest BCUT2D eigenvalue weighted by Crippen LogP contribution is 2.45. The van der Waals surface area contributed by atoms with Crippen LogP contribution < -0.4 is 5.32 Å². The van der Waals surface area contributed by atoms with Gasteiger partial charge in [0, 0.05) is 6.04 Å². The van der Waals surface area contributed by atoms with Crippen molar-refractivity contribution < 1.29 is 0 Å². The fourth-order valence-corrected chi connectivity index (χ4v) is 4.34. The molecule has 3 atom stereocenters. The van der Waals surface area contributed by atoms with Crippen LogP contribution in [0.2, 0.25) is 0 Å². The Morgan fingerprint density at radius 2 is 1.38 bits per heavy atom. The molecular formula is C20H23N. The van der Waals surface area contributed by atoms with Gasteiger partial charge in [0.25, 0.3) is 0 Å². The second kappa shape index (κ2) is 5.65. The van der Waals surface area contributed by atoms with E-state index in [4.69, 9.17) is 0 Å². The van der Waals surface area contributed by atoms with E-state index in [1.54, 1.807) is 0 Å². The van der Waals surface area contributed by atoms with Crippen molar-refractivity contribution >= 4 is 0 Å². The summed E-state index contributed by atoms with van der Waals surface area (Å²) in [5.74, 6) is 1.89. The van der Waals surface area contributed by atoms with E-state index in [9.17, 15) is 0 Å². The first kappa shape index (κ1) is 13.1. The third-order valence-corrected chi connectivity index (χ3v) is 5.38. The van der Waals surface area contributed by atoms with E-state index in [1.807, 2.05) is 0 Å². The molecule has 2 aromatic carbocycles. The van der Waals surface area contributed by atoms with Crippen LogP contribution in [0.5, 0.6) is 0 Å². The molecule has 0 heterocycles. The molecule has 0 spiro atoms. The van der Waals surface area contributed by atoms with E-state index >= 15 is 0 Å². The van der Waals surface area contributed by atoms with Gasteiger partial charge in [-0.05, 0) is 42.2 Å². The SMILES string of the molecule is c1ccc(C(NC2CC3CCC2C3)c2ccccc2)cc1. The van der Waals surface area contributed by atoms with Gasteiger partial charge < -0.3 is 5.32 Å². The molecule has 3 unspecified atom stereocenters. The lowest BCUT2D eigenvalue weighted by Gasteiger charge is -2.29. The topological polar surface area (TPSA) is 12.0 Å². The number of hydrogen-bond acceptors (Lipinski definition) is 1. The van der Waals surface area contributed by atoms with E-state index in [0.717, 1.165) is 11.8 Å². The summed E-state index contributed by atoms with van der Waals surface area (Å²) in [6, 6.07) is 22.8. The average molecular weight is 277 g/mol. The molecule has 21 heavy (non-hydrogen) atoms. The first-order valence-electron chi connectivity index (χ1n) is 8.26. The zero-order chi connectivity index (χ0) is 14.1. The Labute approximate surface area is 127 Å². The lowest BCUT2D eigenvalue weighted by Crippen LogP contribution is -2.37. The van der Waals surface area contributed by atoms with Gasteiger partial charge in [0.1, 0.15) is 0 Å². The second-order valence-electron chi connectivity index (χ2n) is 6.70. The van der Waals surface area contributed by atoms with Gasteiger partial charge in [-0.3, -0.25) is 0 Å². The predicted molar refractivity (Wildman–Crippen MR) is 87.1 cm³/mol. The Kier molecular flexibility index (Phi) is 3.52. The van der Waals surface area contributed by atoms with Crippen LogP contribution in [-0.2, 0) is 0 Å². The van der Waals surface area contributed by atoms with Gasteiger partial charge in [0.2, 0.25) is 0 Å². The Morgan fingerprint density at radius 1 is 0.762 bits per heavy atom. The molecule has 4 rings (SSSR count). The summed E-state index contributed by atoms with van der Waals surface area (Å²) in [4.78, 5) is 0. The second-order valence-corrected chi connectivity index (χ2v) is 6.70. The van der Waals surface area contributed by atoms with Crippen molar-refractivity contribution in [1.82, 2.24) is 5.32 Å². The van der Waals surface area contributed by atoms with Crippen LogP contribution in [-0.4, -0.2) is 6.04 Å². The standard InChI is InChI=1S/C20H23N/c1-3-7-16(8-4-1)20(17-9-5-2-6-10-17)21-19-14-15-11-12-18(19)13-15/h1-10,15,18-21H,11-14H2. The molecule has 1 heteroatoms. The molecule has 1 N–H and O–H groups in total. The van der Waals surface area contributed by atoms with E-state index in [1.165, 1.54) is 36.8 Å². The van der Waals surface area contributed by atoms with Crippen molar-refractivity contribution in [2.24, 2.45) is 11.8 Å². The molecule has 0 aliphatic heterocycles. The van der Waals surface area contributed by atoms with E-state index in [2.05, 4.69) is 66.0 Å². The highest BCUT2D eigenvalue weighted by Gasteiger charge is 2.40. The monoisotopic (exact) mass is 277 g/mol. The van der Waals surface area contributed by atoms with Crippen LogP contribution in [0.15, 0.2) is 60.7 Å². The van der Waals surface area contributed by atoms with Crippen LogP contribution in [0, 0.1) is 11.8 Å². The Morgan fingerprint density at radius 3 is 1.86 bits per heavy atom. The molecule has 0 amide bonds. The molecule has 2 saturated carbocycles. The van der Waals surface area contributed by atoms with Crippen LogP contribution in [0.4, 0.5) is 0 Å². The molecule has 2 fully saturated rings. The van der Waals surface area contributed by atoms with Crippen LogP contribution in [0.1, 0.15) is 42.9 Å². The van der Waals surface area contributed by atoms with Gasteiger partial charge in [0.15, 0.2) is 0 Å². The molecule has 108 valence electrons. The number of rotatable bonds is 4. The van der Waals surface area contributed by atoms with Gasteiger partial charge in [-0.1, -0.05) is 67.1 Å². The van der Waals surface area contributed by atoms with Crippen molar-refractivity contribution in [2.45, 2.75) is 37.8 Å². The predicted octanol–water partition coefficient (Wildman–Crippen LogP) is 4.55. The summed E-state index contributed by atoms with van der Waals surface area (Å²) < 4.78 is 0. The molecule has 2 aliphatic rings. The molecule has 1 nitrogen and oxygen atoms in total. The largest absolute Gasteiger partial charge is 0.303 e. The van der Waals surface area contributed by atoms with E-state index in [0.29, 0.717) is 12.1 Å². The molecule has 0 radical (unpaired) electrons. The van der Waals surface area contributed by atoms with Crippen LogP contribution >= 0.6 is 0 Å². The maximum Gasteiger partial charge on any atom is 0.0578 e. The highest BCUT2D eigenvalue weighted by atomic mass is 15.0. The van der Waals surface area contributed by atoms with Crippen molar-refractivity contribution in [1.29, 1.82) is 0 Å². The first-order valence-corrected chi connectivity index (χ1v) is 8.26. The van der Waals surface area contributed by atoms with Gasteiger partial charge in [-0.15, -0.1) is 0 Å². The maximum atomic E-state index is 3.98. The smallest absolute Gasteiger partial charge is 0.0578 e. The van der Waals surface area contributed by atoms with Gasteiger partial charge in [0.05, 0.1) is 6.04 Å². The van der Waals surface area contributed by atoms with Crippen molar-refractivity contribution in [3.8, 4) is 0 Å². The summed E-state index contributed by atoms with van der Waals surface area (Å²) in [5.41, 5.74) is 2.76. The number of nitrogens with one attached hydrogen (secondary N) is 1. The van der Waals surface area contributed by atoms with Gasteiger partial charge >= 0.3 is 0 Å². The average Bonchev–Trinajstić information content (AvgIpc) is 3.17. The molecular weight excluding hydrogens is 254 g/mol. The quantitative estimate of drug-likeness (QED) is 0.864. The lowest BCUT2D eigenvalue weighted by atomic mass is 9.92. The lowest BCUT2D eigenvalue weighted by molar-refractivity contribution is 0.334. The zero-order valence-electron chi connectivity index (χ0n) is 12.4. The third kappa shape index (κ3) is 2.63. The summed E-state index contributed by atoms with van der Waals surface area (Å²) in [7, 11) is 0. The normalized spacial score (nSPS) is 27.4. The Balaban J connectivity index is 1.61. The zero-order valence-corrected chi connectivity index (χ0v) is 12.4. The van der Waals surface area contributed by atoms with E-state index in [-0.39, 0.29) is 0 Å². The van der Waals surface area contributed by atoms with Crippen LogP contribution in [0.3, 0.4) is 0 Å². The third-order valence-electron chi connectivity index (χ3n) is 5.38. The minimum Gasteiger partial charge on any atom is -0.303 e. The summed E-state index contributed by atoms with van der Waals surface area (Å²) in [5, 5.41) is 3.98. The van der Waals surface area contributed by atoms with E-state index < -0.39 is 0 Å². The first-order chi connectivity index (χ1) is 10.4. The summed E-state index contributed by atoms with van der Waals surface area (Å²) >= 11 is 0. The number of fused-ring (bicyclic) bond motifs is 2. The molecule has 0 aromatic heterocycles. The van der Waals surface area contributed by atoms with Gasteiger partial charge in [-0.2, -0.15) is 0 Å². The molecule has 2 aliphatic carbocycles. The molecule has 2 aromatic rings. The van der Waals surface area contributed by atoms with Crippen molar-refractivity contribution in [2.75, 3.05) is 0 Å². The van der Waals surface area contributed by atoms with Gasteiger partial charge in [-0.25, -0.2) is 0 Å². The number of hydrogen-bond donors (Lipinski definition) is 1. The van der Waals surface area contributed by atoms with Crippen LogP contribution in [0.25, 0.3) is 0 Å². The van der Waals surface area contributed by atoms with Crippen molar-refractivity contribution in [3.63, 3.8) is 0 Å². The fraction of sp³-hybridized carbons (Fsp3) is 0.400. The number of benzene rings is 2. The molecule has 2 bridgehead atoms. The maximum absolute atomic E-state index is 3.98. The Bertz CT molecular complexity index is 538. The minimum atomic E-state index is 0.330. The minimum absolute atomic E-state index is 0.330. The summed E-state index contributed by atoms with van der Waals surface area (Å²) in [6.07, 6.45) is 5.72. The fourth-order valence-electron chi connectivity index (χ4n) is 4.34.